The minimum atomic E-state index is 0.683. The molecule has 0 fully saturated rings. The molecular formula is C16H26BrNO. The van der Waals surface area contributed by atoms with Crippen LogP contribution in [0.3, 0.4) is 0 Å². The first-order chi connectivity index (χ1) is 9.17. The molecule has 1 rings (SSSR count). The Morgan fingerprint density at radius 3 is 2.53 bits per heavy atom. The molecule has 0 amide bonds. The van der Waals surface area contributed by atoms with Crippen molar-refractivity contribution in [2.75, 3.05) is 26.8 Å². The highest BCUT2D eigenvalue weighted by Gasteiger charge is 2.16. The maximum atomic E-state index is 5.07. The van der Waals surface area contributed by atoms with Gasteiger partial charge in [-0.25, -0.2) is 0 Å². The van der Waals surface area contributed by atoms with Crippen molar-refractivity contribution >= 4 is 15.9 Å². The van der Waals surface area contributed by atoms with Crippen LogP contribution in [-0.2, 0) is 11.2 Å². The van der Waals surface area contributed by atoms with Crippen LogP contribution >= 0.6 is 15.9 Å². The second kappa shape index (κ2) is 9.51. The second-order valence-electron chi connectivity index (χ2n) is 5.17. The third-order valence-electron chi connectivity index (χ3n) is 3.75. The summed E-state index contributed by atoms with van der Waals surface area (Å²) < 4.78 is 6.22. The van der Waals surface area contributed by atoms with Crippen molar-refractivity contribution in [1.82, 2.24) is 5.32 Å². The van der Waals surface area contributed by atoms with Gasteiger partial charge in [-0.1, -0.05) is 48.3 Å². The molecule has 0 spiro atoms. The van der Waals surface area contributed by atoms with E-state index in [1.54, 1.807) is 7.11 Å². The molecule has 1 aromatic rings. The second-order valence-corrected chi connectivity index (χ2v) is 6.09. The van der Waals surface area contributed by atoms with E-state index in [1.807, 2.05) is 0 Å². The average molecular weight is 328 g/mol. The topological polar surface area (TPSA) is 21.3 Å². The van der Waals surface area contributed by atoms with E-state index in [9.17, 15) is 0 Å². The van der Waals surface area contributed by atoms with Crippen molar-refractivity contribution in [1.29, 1.82) is 0 Å². The fourth-order valence-corrected chi connectivity index (χ4v) is 2.46. The number of halogens is 1. The third-order valence-corrected chi connectivity index (χ3v) is 4.28. The van der Waals surface area contributed by atoms with Gasteiger partial charge in [-0.05, 0) is 42.5 Å². The van der Waals surface area contributed by atoms with E-state index in [-0.39, 0.29) is 0 Å². The van der Waals surface area contributed by atoms with E-state index in [0.717, 1.165) is 36.5 Å². The first-order valence-electron chi connectivity index (χ1n) is 7.11. The molecule has 0 aromatic heterocycles. The number of methoxy groups -OCH3 is 1. The summed E-state index contributed by atoms with van der Waals surface area (Å²) in [5.41, 5.74) is 1.42. The van der Waals surface area contributed by atoms with Crippen molar-refractivity contribution in [3.05, 3.63) is 34.3 Å². The van der Waals surface area contributed by atoms with Crippen molar-refractivity contribution in [2.45, 2.75) is 26.7 Å². The van der Waals surface area contributed by atoms with Crippen LogP contribution in [0.5, 0.6) is 0 Å². The summed E-state index contributed by atoms with van der Waals surface area (Å²) in [6.07, 6.45) is 2.37. The molecule has 1 aromatic carbocycles. The lowest BCUT2D eigenvalue weighted by atomic mass is 9.86. The maximum Gasteiger partial charge on any atom is 0.0587 e. The molecule has 0 aliphatic heterocycles. The highest BCUT2D eigenvalue weighted by atomic mass is 79.9. The Hall–Kier alpha value is -0.380. The fraction of sp³-hybridized carbons (Fsp3) is 0.625. The zero-order chi connectivity index (χ0) is 14.1. The van der Waals surface area contributed by atoms with Crippen molar-refractivity contribution in [2.24, 2.45) is 11.8 Å². The van der Waals surface area contributed by atoms with Gasteiger partial charge in [0.05, 0.1) is 6.61 Å². The minimum Gasteiger partial charge on any atom is -0.383 e. The van der Waals surface area contributed by atoms with Crippen molar-refractivity contribution in [3.63, 3.8) is 0 Å². The van der Waals surface area contributed by atoms with E-state index in [1.165, 1.54) is 12.0 Å². The number of hydrogen-bond donors (Lipinski definition) is 1. The Bertz CT molecular complexity index is 339. The molecule has 108 valence electrons. The lowest BCUT2D eigenvalue weighted by Gasteiger charge is -2.23. The van der Waals surface area contributed by atoms with Crippen LogP contribution in [0, 0.1) is 11.8 Å². The van der Waals surface area contributed by atoms with Gasteiger partial charge in [0.15, 0.2) is 0 Å². The Labute approximate surface area is 126 Å². The predicted octanol–water partition coefficient (Wildman–Crippen LogP) is 3.89. The van der Waals surface area contributed by atoms with E-state index >= 15 is 0 Å². The molecule has 19 heavy (non-hydrogen) atoms. The van der Waals surface area contributed by atoms with Gasteiger partial charge >= 0.3 is 0 Å². The van der Waals surface area contributed by atoms with Gasteiger partial charge in [0.1, 0.15) is 0 Å². The van der Waals surface area contributed by atoms with E-state index in [0.29, 0.717) is 5.92 Å². The number of ether oxygens (including phenoxy) is 1. The highest BCUT2D eigenvalue weighted by molar-refractivity contribution is 9.10. The Balaban J connectivity index is 2.51. The highest BCUT2D eigenvalue weighted by Crippen LogP contribution is 2.21. The van der Waals surface area contributed by atoms with Gasteiger partial charge in [-0.2, -0.15) is 0 Å². The summed E-state index contributed by atoms with van der Waals surface area (Å²) in [5.74, 6) is 1.42. The summed E-state index contributed by atoms with van der Waals surface area (Å²) in [6, 6.07) is 8.69. The lowest BCUT2D eigenvalue weighted by molar-refractivity contribution is 0.195. The van der Waals surface area contributed by atoms with Crippen LogP contribution in [0.15, 0.2) is 28.7 Å². The molecule has 3 heteroatoms. The average Bonchev–Trinajstić information content (AvgIpc) is 2.43. The largest absolute Gasteiger partial charge is 0.383 e. The predicted molar refractivity (Wildman–Crippen MR) is 85.5 cm³/mol. The van der Waals surface area contributed by atoms with Gasteiger partial charge in [-0.3, -0.25) is 0 Å². The molecule has 0 bridgehead atoms. The molecule has 1 N–H and O–H groups in total. The first-order valence-corrected chi connectivity index (χ1v) is 7.90. The molecule has 0 heterocycles. The van der Waals surface area contributed by atoms with E-state index < -0.39 is 0 Å². The minimum absolute atomic E-state index is 0.683. The summed E-state index contributed by atoms with van der Waals surface area (Å²) in [6.45, 7) is 7.40. The fourth-order valence-electron chi connectivity index (χ4n) is 2.19. The van der Waals surface area contributed by atoms with Crippen LogP contribution < -0.4 is 5.32 Å². The van der Waals surface area contributed by atoms with Crippen LogP contribution in [0.4, 0.5) is 0 Å². The maximum absolute atomic E-state index is 5.07. The monoisotopic (exact) mass is 327 g/mol. The van der Waals surface area contributed by atoms with E-state index in [4.69, 9.17) is 4.74 Å². The number of hydrogen-bond acceptors (Lipinski definition) is 2. The standard InChI is InChI=1S/C16H26BrNO/c1-4-13(2)15(12-18-9-10-19-3)11-14-5-7-16(17)8-6-14/h5-8,13,15,18H,4,9-12H2,1-3H3. The third kappa shape index (κ3) is 6.55. The molecule has 0 saturated heterocycles. The van der Waals surface area contributed by atoms with Gasteiger partial charge in [0, 0.05) is 18.1 Å². The summed E-state index contributed by atoms with van der Waals surface area (Å²) in [7, 11) is 1.75. The smallest absolute Gasteiger partial charge is 0.0587 e. The molecule has 0 aliphatic carbocycles. The van der Waals surface area contributed by atoms with Crippen LogP contribution in [0.25, 0.3) is 0 Å². The van der Waals surface area contributed by atoms with Gasteiger partial charge in [0.25, 0.3) is 0 Å². The van der Waals surface area contributed by atoms with Crippen LogP contribution in [0.2, 0.25) is 0 Å². The zero-order valence-electron chi connectivity index (χ0n) is 12.3. The summed E-state index contributed by atoms with van der Waals surface area (Å²) in [4.78, 5) is 0. The Kier molecular flexibility index (Phi) is 8.35. The number of benzene rings is 1. The molecule has 2 atom stereocenters. The molecule has 0 radical (unpaired) electrons. The quantitative estimate of drug-likeness (QED) is 0.695. The molecule has 2 nitrogen and oxygen atoms in total. The first kappa shape index (κ1) is 16.7. The van der Waals surface area contributed by atoms with Crippen LogP contribution in [0.1, 0.15) is 25.8 Å². The lowest BCUT2D eigenvalue weighted by Crippen LogP contribution is -2.30. The van der Waals surface area contributed by atoms with Crippen LogP contribution in [-0.4, -0.2) is 26.8 Å². The molecule has 2 unspecified atom stereocenters. The molecule has 0 aliphatic rings. The number of rotatable bonds is 9. The summed E-state index contributed by atoms with van der Waals surface area (Å²) in [5, 5.41) is 3.50. The number of nitrogens with one attached hydrogen (secondary N) is 1. The molecular weight excluding hydrogens is 302 g/mol. The van der Waals surface area contributed by atoms with E-state index in [2.05, 4.69) is 59.4 Å². The normalized spacial score (nSPS) is 14.3. The summed E-state index contributed by atoms with van der Waals surface area (Å²) >= 11 is 3.49. The van der Waals surface area contributed by atoms with Gasteiger partial charge in [0.2, 0.25) is 0 Å². The van der Waals surface area contributed by atoms with Gasteiger partial charge < -0.3 is 10.1 Å². The zero-order valence-corrected chi connectivity index (χ0v) is 13.9. The van der Waals surface area contributed by atoms with Crippen molar-refractivity contribution in [3.8, 4) is 0 Å². The molecule has 0 saturated carbocycles. The van der Waals surface area contributed by atoms with Crippen molar-refractivity contribution < 1.29 is 4.74 Å². The Morgan fingerprint density at radius 1 is 1.26 bits per heavy atom. The van der Waals surface area contributed by atoms with Gasteiger partial charge in [-0.15, -0.1) is 0 Å². The Morgan fingerprint density at radius 2 is 1.95 bits per heavy atom. The SMILES string of the molecule is CCC(C)C(CNCCOC)Cc1ccc(Br)cc1.